The van der Waals surface area contributed by atoms with E-state index in [4.69, 9.17) is 29.4 Å². The summed E-state index contributed by atoms with van der Waals surface area (Å²) in [5, 5.41) is 0.0601. The quantitative estimate of drug-likeness (QED) is 0.379. The Morgan fingerprint density at radius 1 is 1.03 bits per heavy atom. The fourth-order valence-corrected chi connectivity index (χ4v) is 3.58. The Balaban J connectivity index is 2.23. The van der Waals surface area contributed by atoms with E-state index in [1.54, 1.807) is 18.2 Å². The second-order valence-corrected chi connectivity index (χ2v) is 6.71. The van der Waals surface area contributed by atoms with Crippen LogP contribution in [0.4, 0.5) is 5.00 Å². The second kappa shape index (κ2) is 10.3. The molecule has 1 aromatic heterocycles. The highest BCUT2D eigenvalue weighted by molar-refractivity contribution is 7.18. The molecule has 2 aromatic rings. The lowest BCUT2D eigenvalue weighted by Crippen LogP contribution is -2.11. The fourth-order valence-electron chi connectivity index (χ4n) is 2.60. The number of para-hydroxylation sites is 1. The van der Waals surface area contributed by atoms with Gasteiger partial charge < -0.3 is 29.4 Å². The van der Waals surface area contributed by atoms with E-state index in [2.05, 4.69) is 0 Å². The first-order chi connectivity index (χ1) is 14.4. The highest BCUT2D eigenvalue weighted by Crippen LogP contribution is 2.33. The Morgan fingerprint density at radius 2 is 1.73 bits per heavy atom. The van der Waals surface area contributed by atoms with Crippen LogP contribution in [0, 0.1) is 0 Å². The number of nitrogens with two attached hydrogens (primary N) is 1. The van der Waals surface area contributed by atoms with Gasteiger partial charge in [-0.2, -0.15) is 0 Å². The van der Waals surface area contributed by atoms with Gasteiger partial charge >= 0.3 is 17.9 Å². The molecular weight excluding hydrogens is 414 g/mol. The number of thiophene rings is 1. The van der Waals surface area contributed by atoms with Gasteiger partial charge in [0.15, 0.2) is 11.5 Å². The molecule has 0 atom stereocenters. The number of carbonyl (C=O) groups is 3. The predicted molar refractivity (Wildman–Crippen MR) is 110 cm³/mol. The summed E-state index contributed by atoms with van der Waals surface area (Å²) in [6.07, 6.45) is 2.68. The maximum Gasteiger partial charge on any atom is 0.348 e. The minimum Gasteiger partial charge on any atom is -0.493 e. The molecule has 0 amide bonds. The molecule has 30 heavy (non-hydrogen) atoms. The zero-order valence-corrected chi connectivity index (χ0v) is 17.7. The van der Waals surface area contributed by atoms with Gasteiger partial charge in [0, 0.05) is 17.2 Å². The highest BCUT2D eigenvalue weighted by atomic mass is 32.1. The smallest absolute Gasteiger partial charge is 0.348 e. The summed E-state index contributed by atoms with van der Waals surface area (Å²) in [6, 6.07) is 5.19. The number of ether oxygens (including phenoxy) is 5. The van der Waals surface area contributed by atoms with Gasteiger partial charge in [0.25, 0.3) is 0 Å². The summed E-state index contributed by atoms with van der Waals surface area (Å²) in [5.41, 5.74) is 6.53. The van der Waals surface area contributed by atoms with Gasteiger partial charge in [-0.25, -0.2) is 14.4 Å². The first-order valence-corrected chi connectivity index (χ1v) is 9.33. The van der Waals surface area contributed by atoms with Crippen molar-refractivity contribution in [1.29, 1.82) is 0 Å². The van der Waals surface area contributed by atoms with E-state index in [0.29, 0.717) is 17.1 Å². The molecular formula is C20H21NO8S. The van der Waals surface area contributed by atoms with E-state index in [1.165, 1.54) is 40.6 Å². The molecule has 0 radical (unpaired) electrons. The Kier molecular flexibility index (Phi) is 7.82. The summed E-state index contributed by atoms with van der Waals surface area (Å²) < 4.78 is 25.1. The summed E-state index contributed by atoms with van der Waals surface area (Å²) in [5.74, 6) is -1.20. The van der Waals surface area contributed by atoms with Gasteiger partial charge in [-0.15, -0.1) is 11.3 Å². The highest BCUT2D eigenvalue weighted by Gasteiger charge is 2.27. The molecule has 0 aliphatic heterocycles. The van der Waals surface area contributed by atoms with Crippen molar-refractivity contribution in [2.45, 2.75) is 6.61 Å². The molecule has 0 saturated carbocycles. The first-order valence-electron chi connectivity index (χ1n) is 8.51. The molecule has 10 heteroatoms. The van der Waals surface area contributed by atoms with Gasteiger partial charge in [-0.3, -0.25) is 0 Å². The lowest BCUT2D eigenvalue weighted by molar-refractivity contribution is -0.138. The summed E-state index contributed by atoms with van der Waals surface area (Å²) in [4.78, 5) is 36.3. The van der Waals surface area contributed by atoms with Crippen molar-refractivity contribution in [1.82, 2.24) is 0 Å². The molecule has 0 spiro atoms. The number of methoxy groups -OCH3 is 4. The van der Waals surface area contributed by atoms with E-state index in [0.717, 1.165) is 11.3 Å². The number of carbonyl (C=O) groups excluding carboxylic acids is 3. The SMILES string of the molecule is COC(=O)c1sc(N)c(C(=O)OC)c1COC(=O)C=Cc1cccc(OC)c1OC. The number of rotatable bonds is 8. The molecule has 0 bridgehead atoms. The number of benzene rings is 1. The van der Waals surface area contributed by atoms with Gasteiger partial charge in [0.2, 0.25) is 0 Å². The maximum absolute atomic E-state index is 12.2. The van der Waals surface area contributed by atoms with Gasteiger partial charge in [0.1, 0.15) is 22.0 Å². The lowest BCUT2D eigenvalue weighted by atomic mass is 10.1. The van der Waals surface area contributed by atoms with Crippen molar-refractivity contribution in [3.05, 3.63) is 45.8 Å². The number of anilines is 1. The predicted octanol–water partition coefficient (Wildman–Crippen LogP) is 2.68. The molecule has 0 aliphatic carbocycles. The Morgan fingerprint density at radius 3 is 2.33 bits per heavy atom. The molecule has 0 fully saturated rings. The van der Waals surface area contributed by atoms with Crippen LogP contribution in [0.1, 0.15) is 31.2 Å². The van der Waals surface area contributed by atoms with Gasteiger partial charge in [-0.1, -0.05) is 12.1 Å². The van der Waals surface area contributed by atoms with E-state index < -0.39 is 17.9 Å². The summed E-state index contributed by atoms with van der Waals surface area (Å²) >= 11 is 0.851. The third kappa shape index (κ3) is 4.90. The van der Waals surface area contributed by atoms with E-state index in [-0.39, 0.29) is 27.6 Å². The molecule has 9 nitrogen and oxygen atoms in total. The Labute approximate surface area is 176 Å². The summed E-state index contributed by atoms with van der Waals surface area (Å²) in [6.45, 7) is -0.374. The standard InChI is InChI=1S/C20H21NO8S/c1-25-13-7-5-6-11(16(13)26-2)8-9-14(22)29-10-12-15(19(23)27-3)18(21)30-17(12)20(24)28-4/h5-9H,10,21H2,1-4H3. The van der Waals surface area contributed by atoms with E-state index in [1.807, 2.05) is 0 Å². The van der Waals surface area contributed by atoms with Crippen LogP contribution >= 0.6 is 11.3 Å². The third-order valence-corrected chi connectivity index (χ3v) is 5.03. The molecule has 0 saturated heterocycles. The molecule has 160 valence electrons. The zero-order chi connectivity index (χ0) is 22.3. The number of hydrogen-bond acceptors (Lipinski definition) is 10. The van der Waals surface area contributed by atoms with Crippen LogP contribution in [-0.2, 0) is 25.6 Å². The number of esters is 3. The van der Waals surface area contributed by atoms with Crippen LogP contribution in [0.2, 0.25) is 0 Å². The van der Waals surface area contributed by atoms with E-state index in [9.17, 15) is 14.4 Å². The van der Waals surface area contributed by atoms with Gasteiger partial charge in [-0.05, 0) is 12.1 Å². The number of hydrogen-bond donors (Lipinski definition) is 1. The van der Waals surface area contributed by atoms with Crippen molar-refractivity contribution in [3.63, 3.8) is 0 Å². The van der Waals surface area contributed by atoms with Crippen molar-refractivity contribution in [3.8, 4) is 11.5 Å². The normalized spacial score (nSPS) is 10.5. The van der Waals surface area contributed by atoms with E-state index >= 15 is 0 Å². The molecule has 1 heterocycles. The van der Waals surface area contributed by atoms with Crippen LogP contribution in [0.5, 0.6) is 11.5 Å². The number of nitrogen functional groups attached to an aromatic ring is 1. The average Bonchev–Trinajstić information content (AvgIpc) is 3.10. The van der Waals surface area contributed by atoms with Crippen LogP contribution in [0.15, 0.2) is 24.3 Å². The molecule has 0 unspecified atom stereocenters. The van der Waals surface area contributed by atoms with Crippen molar-refractivity contribution >= 4 is 40.3 Å². The van der Waals surface area contributed by atoms with Crippen LogP contribution in [0.25, 0.3) is 6.08 Å². The topological polar surface area (TPSA) is 123 Å². The first kappa shape index (κ1) is 22.8. The van der Waals surface area contributed by atoms with Crippen molar-refractivity contribution < 1.29 is 38.1 Å². The van der Waals surface area contributed by atoms with Crippen molar-refractivity contribution in [2.24, 2.45) is 0 Å². The largest absolute Gasteiger partial charge is 0.493 e. The lowest BCUT2D eigenvalue weighted by Gasteiger charge is -2.10. The molecule has 2 rings (SSSR count). The van der Waals surface area contributed by atoms with Gasteiger partial charge in [0.05, 0.1) is 28.4 Å². The summed E-state index contributed by atoms with van der Waals surface area (Å²) in [7, 11) is 5.36. The average molecular weight is 435 g/mol. The minimum atomic E-state index is -0.749. The van der Waals surface area contributed by atoms with Crippen LogP contribution in [0.3, 0.4) is 0 Å². The molecule has 2 N–H and O–H groups in total. The Bertz CT molecular complexity index is 979. The molecule has 1 aromatic carbocycles. The Hall–Kier alpha value is -3.53. The minimum absolute atomic E-state index is 0.0332. The fraction of sp³-hybridized carbons (Fsp3) is 0.250. The van der Waals surface area contributed by atoms with Crippen molar-refractivity contribution in [2.75, 3.05) is 34.2 Å². The van der Waals surface area contributed by atoms with Crippen LogP contribution < -0.4 is 15.2 Å². The van der Waals surface area contributed by atoms with Crippen LogP contribution in [-0.4, -0.2) is 46.3 Å². The monoisotopic (exact) mass is 435 g/mol. The zero-order valence-electron chi connectivity index (χ0n) is 16.8. The maximum atomic E-state index is 12.2. The third-order valence-electron chi connectivity index (χ3n) is 3.99. The molecule has 0 aliphatic rings. The second-order valence-electron chi connectivity index (χ2n) is 5.66.